The molecule has 7 heteroatoms. The Kier molecular flexibility index (Phi) is 4.94. The Bertz CT molecular complexity index is 671. The van der Waals surface area contributed by atoms with Crippen LogP contribution in [0.2, 0.25) is 0 Å². The van der Waals surface area contributed by atoms with Crippen molar-refractivity contribution in [1.29, 1.82) is 0 Å². The molecule has 0 fully saturated rings. The van der Waals surface area contributed by atoms with Crippen LogP contribution >= 0.6 is 0 Å². The van der Waals surface area contributed by atoms with E-state index < -0.39 is 5.91 Å². The maximum atomic E-state index is 11.8. The van der Waals surface area contributed by atoms with Gasteiger partial charge in [0.2, 0.25) is 0 Å². The number of hydrogen-bond acceptors (Lipinski definition) is 4. The van der Waals surface area contributed by atoms with E-state index in [1.165, 1.54) is 0 Å². The van der Waals surface area contributed by atoms with Gasteiger partial charge in [0.15, 0.2) is 0 Å². The number of hydrogen-bond donors (Lipinski definition) is 5. The average molecular weight is 300 g/mol. The topological polar surface area (TPSA) is 116 Å². The summed E-state index contributed by atoms with van der Waals surface area (Å²) in [5, 5.41) is 13.8. The molecule has 0 aromatic heterocycles. The summed E-state index contributed by atoms with van der Waals surface area (Å²) in [5.41, 5.74) is 9.44. The lowest BCUT2D eigenvalue weighted by atomic mass is 10.1. The first-order valence-electron chi connectivity index (χ1n) is 6.53. The van der Waals surface area contributed by atoms with Crippen LogP contribution in [0.1, 0.15) is 15.9 Å². The van der Waals surface area contributed by atoms with Crippen LogP contribution in [0.3, 0.4) is 0 Å². The van der Waals surface area contributed by atoms with Gasteiger partial charge in [-0.1, -0.05) is 24.3 Å². The monoisotopic (exact) mass is 300 g/mol. The van der Waals surface area contributed by atoms with Gasteiger partial charge in [-0.3, -0.25) is 10.0 Å². The van der Waals surface area contributed by atoms with Gasteiger partial charge in [-0.15, -0.1) is 0 Å². The van der Waals surface area contributed by atoms with Crippen LogP contribution in [-0.4, -0.2) is 17.1 Å². The molecule has 2 aromatic rings. The highest BCUT2D eigenvalue weighted by Gasteiger charge is 2.06. The molecule has 0 spiro atoms. The molecular weight excluding hydrogens is 284 g/mol. The quantitative estimate of drug-likeness (QED) is 0.336. The van der Waals surface area contributed by atoms with E-state index in [1.807, 2.05) is 0 Å². The SMILES string of the molecule is Nc1ccccc1NC(=O)NCc1ccc(C(=O)NO)cc1. The summed E-state index contributed by atoms with van der Waals surface area (Å²) in [6.45, 7) is 0.291. The van der Waals surface area contributed by atoms with Crippen LogP contribution in [0.5, 0.6) is 0 Å². The lowest BCUT2D eigenvalue weighted by molar-refractivity contribution is 0.0706. The Morgan fingerprint density at radius 2 is 1.73 bits per heavy atom. The number of amides is 3. The summed E-state index contributed by atoms with van der Waals surface area (Å²) >= 11 is 0. The number of hydroxylamine groups is 1. The van der Waals surface area contributed by atoms with Crippen molar-refractivity contribution >= 4 is 23.3 Å². The number of rotatable bonds is 4. The number of benzene rings is 2. The van der Waals surface area contributed by atoms with E-state index in [0.717, 1.165) is 5.56 Å². The Morgan fingerprint density at radius 3 is 2.36 bits per heavy atom. The van der Waals surface area contributed by atoms with E-state index in [0.29, 0.717) is 23.5 Å². The summed E-state index contributed by atoms with van der Waals surface area (Å²) in [6, 6.07) is 13.0. The first-order chi connectivity index (χ1) is 10.6. The van der Waals surface area contributed by atoms with Crippen molar-refractivity contribution in [2.75, 3.05) is 11.1 Å². The van der Waals surface area contributed by atoms with Crippen LogP contribution in [0.4, 0.5) is 16.2 Å². The molecule has 2 aromatic carbocycles. The van der Waals surface area contributed by atoms with Gasteiger partial charge in [0.1, 0.15) is 0 Å². The van der Waals surface area contributed by atoms with Crippen molar-refractivity contribution in [3.05, 3.63) is 59.7 Å². The molecule has 22 heavy (non-hydrogen) atoms. The molecule has 0 unspecified atom stereocenters. The maximum absolute atomic E-state index is 11.8. The molecule has 114 valence electrons. The number of nitrogen functional groups attached to an aromatic ring is 1. The lowest BCUT2D eigenvalue weighted by Crippen LogP contribution is -2.28. The van der Waals surface area contributed by atoms with E-state index in [1.54, 1.807) is 54.0 Å². The molecule has 0 bridgehead atoms. The smallest absolute Gasteiger partial charge is 0.319 e. The zero-order valence-corrected chi connectivity index (χ0v) is 11.7. The molecule has 0 radical (unpaired) electrons. The molecule has 0 aliphatic rings. The summed E-state index contributed by atoms with van der Waals surface area (Å²) in [4.78, 5) is 23.0. The second-order valence-electron chi connectivity index (χ2n) is 4.53. The summed E-state index contributed by atoms with van der Waals surface area (Å²) < 4.78 is 0. The highest BCUT2D eigenvalue weighted by atomic mass is 16.5. The molecule has 2 rings (SSSR count). The van der Waals surface area contributed by atoms with Crippen LogP contribution in [0, 0.1) is 0 Å². The summed E-state index contributed by atoms with van der Waals surface area (Å²) in [5.74, 6) is -0.586. The van der Waals surface area contributed by atoms with Crippen molar-refractivity contribution in [1.82, 2.24) is 10.8 Å². The summed E-state index contributed by atoms with van der Waals surface area (Å²) in [6.07, 6.45) is 0. The molecule has 7 nitrogen and oxygen atoms in total. The van der Waals surface area contributed by atoms with Gasteiger partial charge in [-0.05, 0) is 29.8 Å². The molecular formula is C15H16N4O3. The van der Waals surface area contributed by atoms with Crippen LogP contribution in [-0.2, 0) is 6.54 Å². The zero-order chi connectivity index (χ0) is 15.9. The predicted molar refractivity (Wildman–Crippen MR) is 82.4 cm³/mol. The third-order valence-corrected chi connectivity index (χ3v) is 2.98. The molecule has 0 atom stereocenters. The van der Waals surface area contributed by atoms with Crippen molar-refractivity contribution < 1.29 is 14.8 Å². The number of carbonyl (C=O) groups is 2. The number of para-hydroxylation sites is 2. The van der Waals surface area contributed by atoms with E-state index in [9.17, 15) is 9.59 Å². The second-order valence-corrected chi connectivity index (χ2v) is 4.53. The van der Waals surface area contributed by atoms with Gasteiger partial charge in [-0.25, -0.2) is 10.3 Å². The Labute approximate surface area is 127 Å². The zero-order valence-electron chi connectivity index (χ0n) is 11.7. The van der Waals surface area contributed by atoms with Crippen molar-refractivity contribution in [2.45, 2.75) is 6.54 Å². The number of carbonyl (C=O) groups excluding carboxylic acids is 2. The van der Waals surface area contributed by atoms with Crippen molar-refractivity contribution in [3.8, 4) is 0 Å². The molecule has 0 heterocycles. The third kappa shape index (κ3) is 3.97. The van der Waals surface area contributed by atoms with Gasteiger partial charge in [0.25, 0.3) is 5.91 Å². The molecule has 0 saturated heterocycles. The predicted octanol–water partition coefficient (Wildman–Crippen LogP) is 1.71. The van der Waals surface area contributed by atoms with E-state index in [-0.39, 0.29) is 6.03 Å². The van der Waals surface area contributed by atoms with E-state index in [4.69, 9.17) is 10.9 Å². The van der Waals surface area contributed by atoms with Crippen LogP contribution in [0.15, 0.2) is 48.5 Å². The number of nitrogens with two attached hydrogens (primary N) is 1. The van der Waals surface area contributed by atoms with Gasteiger partial charge >= 0.3 is 6.03 Å². The number of nitrogens with one attached hydrogen (secondary N) is 3. The largest absolute Gasteiger partial charge is 0.397 e. The fourth-order valence-corrected chi connectivity index (χ4v) is 1.80. The summed E-state index contributed by atoms with van der Waals surface area (Å²) in [7, 11) is 0. The third-order valence-electron chi connectivity index (χ3n) is 2.98. The maximum Gasteiger partial charge on any atom is 0.319 e. The Morgan fingerprint density at radius 1 is 1.05 bits per heavy atom. The van der Waals surface area contributed by atoms with Gasteiger partial charge in [0.05, 0.1) is 11.4 Å². The minimum Gasteiger partial charge on any atom is -0.397 e. The van der Waals surface area contributed by atoms with E-state index in [2.05, 4.69) is 10.6 Å². The molecule has 0 aliphatic heterocycles. The second kappa shape index (κ2) is 7.09. The fraction of sp³-hybridized carbons (Fsp3) is 0.0667. The minimum absolute atomic E-state index is 0.291. The Balaban J connectivity index is 1.89. The highest BCUT2D eigenvalue weighted by molar-refractivity contribution is 5.93. The van der Waals surface area contributed by atoms with Gasteiger partial charge < -0.3 is 16.4 Å². The molecule has 0 saturated carbocycles. The van der Waals surface area contributed by atoms with Crippen LogP contribution in [0.25, 0.3) is 0 Å². The average Bonchev–Trinajstić information content (AvgIpc) is 2.55. The van der Waals surface area contributed by atoms with Gasteiger partial charge in [-0.2, -0.15) is 0 Å². The lowest BCUT2D eigenvalue weighted by Gasteiger charge is -2.09. The Hall–Kier alpha value is -3.06. The van der Waals surface area contributed by atoms with Gasteiger partial charge in [0, 0.05) is 12.1 Å². The molecule has 6 N–H and O–H groups in total. The van der Waals surface area contributed by atoms with E-state index >= 15 is 0 Å². The first-order valence-corrected chi connectivity index (χ1v) is 6.53. The highest BCUT2D eigenvalue weighted by Crippen LogP contribution is 2.16. The van der Waals surface area contributed by atoms with Crippen LogP contribution < -0.4 is 21.8 Å². The number of anilines is 2. The fourth-order valence-electron chi connectivity index (χ4n) is 1.80. The normalized spacial score (nSPS) is 9.86. The molecule has 0 aliphatic carbocycles. The number of urea groups is 1. The minimum atomic E-state index is -0.586. The molecule has 3 amide bonds. The van der Waals surface area contributed by atoms with Crippen molar-refractivity contribution in [2.24, 2.45) is 0 Å². The standard InChI is InChI=1S/C15H16N4O3/c16-12-3-1-2-4-13(12)18-15(21)17-9-10-5-7-11(8-6-10)14(20)19-22/h1-8,22H,9,16H2,(H,19,20)(H2,17,18,21). The van der Waals surface area contributed by atoms with Crippen molar-refractivity contribution in [3.63, 3.8) is 0 Å². The first kappa shape index (κ1) is 15.3.